The molecule has 0 fully saturated rings. The van der Waals surface area contributed by atoms with Gasteiger partial charge < -0.3 is 0 Å². The normalized spacial score (nSPS) is 12.7. The molecule has 128 valence electrons. The van der Waals surface area contributed by atoms with Crippen molar-refractivity contribution in [3.63, 3.8) is 0 Å². The first-order valence-corrected chi connectivity index (χ1v) is 9.51. The zero-order chi connectivity index (χ0) is 17.9. The number of aromatic nitrogens is 1. The predicted molar refractivity (Wildman–Crippen MR) is 98.8 cm³/mol. The minimum absolute atomic E-state index is 0.257. The number of hydrogen-bond acceptors (Lipinski definition) is 3. The number of nitrogens with one attached hydrogen (secondary N) is 1. The molecule has 4 nitrogen and oxygen atoms in total. The van der Waals surface area contributed by atoms with Gasteiger partial charge in [-0.1, -0.05) is 42.5 Å². The van der Waals surface area contributed by atoms with Crippen molar-refractivity contribution in [1.29, 1.82) is 0 Å². The summed E-state index contributed by atoms with van der Waals surface area (Å²) in [6.45, 7) is 3.86. The molecule has 0 spiro atoms. The molecule has 1 aromatic heterocycles. The van der Waals surface area contributed by atoms with Crippen LogP contribution in [0.4, 0.5) is 0 Å². The SMILES string of the molecule is Cc1ccc(S(=O)(=O)NC(c2ccccc2)c2ccccn2)cc1C. The van der Waals surface area contributed by atoms with Crippen molar-refractivity contribution in [2.75, 3.05) is 0 Å². The van der Waals surface area contributed by atoms with E-state index in [-0.39, 0.29) is 4.90 Å². The van der Waals surface area contributed by atoms with Crippen LogP contribution in [0.3, 0.4) is 0 Å². The first-order valence-electron chi connectivity index (χ1n) is 8.03. The Labute approximate surface area is 148 Å². The van der Waals surface area contributed by atoms with E-state index in [1.165, 1.54) is 0 Å². The third-order valence-corrected chi connectivity index (χ3v) is 5.60. The highest BCUT2D eigenvalue weighted by Crippen LogP contribution is 2.23. The summed E-state index contributed by atoms with van der Waals surface area (Å²) in [5, 5.41) is 0. The molecule has 0 radical (unpaired) electrons. The Kier molecular flexibility index (Phi) is 4.97. The minimum Gasteiger partial charge on any atom is -0.259 e. The van der Waals surface area contributed by atoms with Crippen molar-refractivity contribution in [2.45, 2.75) is 24.8 Å². The fourth-order valence-corrected chi connectivity index (χ4v) is 3.88. The summed E-state index contributed by atoms with van der Waals surface area (Å²) in [5.41, 5.74) is 3.50. The molecule has 25 heavy (non-hydrogen) atoms. The number of aryl methyl sites for hydroxylation is 2. The Balaban J connectivity index is 2.01. The van der Waals surface area contributed by atoms with E-state index in [9.17, 15) is 8.42 Å². The molecule has 1 unspecified atom stereocenters. The molecule has 0 aliphatic carbocycles. The number of rotatable bonds is 5. The molecular weight excluding hydrogens is 332 g/mol. The van der Waals surface area contributed by atoms with Crippen molar-refractivity contribution in [1.82, 2.24) is 9.71 Å². The van der Waals surface area contributed by atoms with Crippen molar-refractivity contribution in [3.05, 3.63) is 95.3 Å². The lowest BCUT2D eigenvalue weighted by Crippen LogP contribution is -2.30. The lowest BCUT2D eigenvalue weighted by Gasteiger charge is -2.19. The van der Waals surface area contributed by atoms with Crippen molar-refractivity contribution >= 4 is 10.0 Å². The quantitative estimate of drug-likeness (QED) is 0.760. The van der Waals surface area contributed by atoms with Gasteiger partial charge in [0.2, 0.25) is 10.0 Å². The van der Waals surface area contributed by atoms with Gasteiger partial charge in [0.05, 0.1) is 16.6 Å². The standard InChI is InChI=1S/C20H20N2O2S/c1-15-11-12-18(14-16(15)2)25(23,24)22-20(17-8-4-3-5-9-17)19-10-6-7-13-21-19/h3-14,20,22H,1-2H3. The highest BCUT2D eigenvalue weighted by Gasteiger charge is 2.23. The van der Waals surface area contributed by atoms with Gasteiger partial charge in [0.1, 0.15) is 0 Å². The number of nitrogens with zero attached hydrogens (tertiary/aromatic N) is 1. The summed E-state index contributed by atoms with van der Waals surface area (Å²) in [5.74, 6) is 0. The predicted octanol–water partition coefficient (Wildman–Crippen LogP) is 3.77. The third kappa shape index (κ3) is 3.95. The van der Waals surface area contributed by atoms with Gasteiger partial charge in [0.15, 0.2) is 0 Å². The summed E-state index contributed by atoms with van der Waals surface area (Å²) in [4.78, 5) is 4.59. The first-order chi connectivity index (χ1) is 12.0. The molecule has 0 saturated heterocycles. The fraction of sp³-hybridized carbons (Fsp3) is 0.150. The fourth-order valence-electron chi connectivity index (χ4n) is 2.60. The van der Waals surface area contributed by atoms with Crippen LogP contribution in [-0.2, 0) is 10.0 Å². The van der Waals surface area contributed by atoms with Crippen LogP contribution in [0.2, 0.25) is 0 Å². The minimum atomic E-state index is -3.69. The molecule has 3 aromatic rings. The monoisotopic (exact) mass is 352 g/mol. The van der Waals surface area contributed by atoms with Gasteiger partial charge in [0.25, 0.3) is 0 Å². The van der Waals surface area contributed by atoms with Crippen molar-refractivity contribution < 1.29 is 8.42 Å². The molecule has 1 atom stereocenters. The molecule has 5 heteroatoms. The molecule has 0 aliphatic rings. The summed E-state index contributed by atoms with van der Waals surface area (Å²) in [6.07, 6.45) is 1.66. The maximum absolute atomic E-state index is 12.9. The Morgan fingerprint density at radius 1 is 0.880 bits per heavy atom. The second-order valence-electron chi connectivity index (χ2n) is 5.97. The maximum atomic E-state index is 12.9. The summed E-state index contributed by atoms with van der Waals surface area (Å²) in [7, 11) is -3.69. The van der Waals surface area contributed by atoms with E-state index in [2.05, 4.69) is 9.71 Å². The number of benzene rings is 2. The Morgan fingerprint density at radius 2 is 1.60 bits per heavy atom. The van der Waals surface area contributed by atoms with E-state index in [1.54, 1.807) is 18.3 Å². The van der Waals surface area contributed by atoms with Crippen LogP contribution in [-0.4, -0.2) is 13.4 Å². The first kappa shape index (κ1) is 17.3. The van der Waals surface area contributed by atoms with E-state index in [1.807, 2.05) is 68.4 Å². The summed E-state index contributed by atoms with van der Waals surface area (Å²) >= 11 is 0. The zero-order valence-electron chi connectivity index (χ0n) is 14.2. The molecule has 3 rings (SSSR count). The molecule has 1 N–H and O–H groups in total. The van der Waals surface area contributed by atoms with E-state index in [0.717, 1.165) is 16.7 Å². The van der Waals surface area contributed by atoms with E-state index in [4.69, 9.17) is 0 Å². The third-order valence-electron chi connectivity index (χ3n) is 4.18. The van der Waals surface area contributed by atoms with Gasteiger partial charge in [-0.15, -0.1) is 0 Å². The lowest BCUT2D eigenvalue weighted by molar-refractivity contribution is 0.570. The van der Waals surface area contributed by atoms with Crippen LogP contribution in [0.1, 0.15) is 28.4 Å². The molecule has 0 saturated carbocycles. The molecular formula is C20H20N2O2S. The lowest BCUT2D eigenvalue weighted by atomic mass is 10.0. The number of pyridine rings is 1. The Bertz CT molecular complexity index is 916. The average molecular weight is 352 g/mol. The van der Waals surface area contributed by atoms with Gasteiger partial charge in [-0.3, -0.25) is 4.98 Å². The van der Waals surface area contributed by atoms with Crippen LogP contribution in [0.15, 0.2) is 77.8 Å². The second kappa shape index (κ2) is 7.17. The highest BCUT2D eigenvalue weighted by atomic mass is 32.2. The summed E-state index contributed by atoms with van der Waals surface area (Å²) < 4.78 is 28.6. The second-order valence-corrected chi connectivity index (χ2v) is 7.68. The Hall–Kier alpha value is -2.50. The van der Waals surface area contributed by atoms with Crippen LogP contribution in [0.5, 0.6) is 0 Å². The van der Waals surface area contributed by atoms with Gasteiger partial charge in [-0.05, 0) is 54.8 Å². The van der Waals surface area contributed by atoms with E-state index >= 15 is 0 Å². The average Bonchev–Trinajstić information content (AvgIpc) is 2.63. The van der Waals surface area contributed by atoms with Crippen LogP contribution in [0, 0.1) is 13.8 Å². The smallest absolute Gasteiger partial charge is 0.241 e. The molecule has 0 aliphatic heterocycles. The van der Waals surface area contributed by atoms with Gasteiger partial charge in [0, 0.05) is 6.20 Å². The van der Waals surface area contributed by atoms with Gasteiger partial charge in [-0.25, -0.2) is 8.42 Å². The maximum Gasteiger partial charge on any atom is 0.241 e. The molecule has 0 amide bonds. The Morgan fingerprint density at radius 3 is 2.24 bits per heavy atom. The van der Waals surface area contributed by atoms with Gasteiger partial charge in [-0.2, -0.15) is 4.72 Å². The van der Waals surface area contributed by atoms with Crippen LogP contribution < -0.4 is 4.72 Å². The molecule has 0 bridgehead atoms. The van der Waals surface area contributed by atoms with Crippen molar-refractivity contribution in [2.24, 2.45) is 0 Å². The molecule has 1 heterocycles. The van der Waals surface area contributed by atoms with Crippen LogP contribution in [0.25, 0.3) is 0 Å². The molecule has 2 aromatic carbocycles. The number of hydrogen-bond donors (Lipinski definition) is 1. The zero-order valence-corrected chi connectivity index (χ0v) is 15.0. The largest absolute Gasteiger partial charge is 0.259 e. The summed E-state index contributed by atoms with van der Waals surface area (Å²) in [6, 6.07) is 19.5. The number of sulfonamides is 1. The van der Waals surface area contributed by atoms with E-state index in [0.29, 0.717) is 5.69 Å². The topological polar surface area (TPSA) is 59.1 Å². The van der Waals surface area contributed by atoms with E-state index < -0.39 is 16.1 Å². The van der Waals surface area contributed by atoms with Gasteiger partial charge >= 0.3 is 0 Å². The highest BCUT2D eigenvalue weighted by molar-refractivity contribution is 7.89. The van der Waals surface area contributed by atoms with Crippen LogP contribution >= 0.6 is 0 Å². The van der Waals surface area contributed by atoms with Crippen molar-refractivity contribution in [3.8, 4) is 0 Å².